The van der Waals surface area contributed by atoms with Crippen molar-refractivity contribution >= 4 is 21.8 Å². The Morgan fingerprint density at radius 2 is 2.16 bits per heavy atom. The van der Waals surface area contributed by atoms with Crippen molar-refractivity contribution in [3.8, 4) is 0 Å². The maximum Gasteiger partial charge on any atom is 0.227 e. The molecule has 1 rings (SSSR count). The third-order valence-corrected chi connectivity index (χ3v) is 3.96. The quantitative estimate of drug-likeness (QED) is 0.872. The molecule has 0 saturated carbocycles. The number of aliphatic hydroxyl groups excluding tert-OH is 1. The monoisotopic (exact) mass is 327 g/mol. The molecule has 1 unspecified atom stereocenters. The standard InChI is InChI=1S/C15H22BrNO2/c1-4-12(10-18)15(19)17(3)8-7-13-9-14(16)6-5-11(13)2/h5-6,9,12,18H,4,7-8,10H2,1-3H3. The fourth-order valence-corrected chi connectivity index (χ4v) is 2.41. The number of benzene rings is 1. The molecular weight excluding hydrogens is 306 g/mol. The molecule has 0 aliphatic carbocycles. The summed E-state index contributed by atoms with van der Waals surface area (Å²) in [7, 11) is 1.80. The number of hydrogen-bond donors (Lipinski definition) is 1. The lowest BCUT2D eigenvalue weighted by Crippen LogP contribution is -2.35. The molecule has 1 amide bonds. The summed E-state index contributed by atoms with van der Waals surface area (Å²) in [4.78, 5) is 13.7. The van der Waals surface area contributed by atoms with Gasteiger partial charge in [-0.3, -0.25) is 4.79 Å². The van der Waals surface area contributed by atoms with Gasteiger partial charge in [0, 0.05) is 18.1 Å². The molecule has 0 fully saturated rings. The maximum atomic E-state index is 12.0. The topological polar surface area (TPSA) is 40.5 Å². The molecule has 0 heterocycles. The number of nitrogens with zero attached hydrogens (tertiary/aromatic N) is 1. The second-order valence-corrected chi connectivity index (χ2v) is 5.78. The van der Waals surface area contributed by atoms with E-state index in [-0.39, 0.29) is 18.4 Å². The Kier molecular flexibility index (Phi) is 6.52. The van der Waals surface area contributed by atoms with Gasteiger partial charge in [-0.15, -0.1) is 0 Å². The van der Waals surface area contributed by atoms with Crippen molar-refractivity contribution in [2.45, 2.75) is 26.7 Å². The zero-order valence-corrected chi connectivity index (χ0v) is 13.4. The molecule has 0 aliphatic heterocycles. The van der Waals surface area contributed by atoms with Crippen LogP contribution in [0.25, 0.3) is 0 Å². The zero-order valence-electron chi connectivity index (χ0n) is 11.8. The van der Waals surface area contributed by atoms with E-state index in [1.165, 1.54) is 11.1 Å². The van der Waals surface area contributed by atoms with Crippen molar-refractivity contribution in [1.29, 1.82) is 0 Å². The van der Waals surface area contributed by atoms with Crippen LogP contribution in [0.1, 0.15) is 24.5 Å². The Balaban J connectivity index is 2.61. The van der Waals surface area contributed by atoms with Gasteiger partial charge in [-0.1, -0.05) is 28.9 Å². The molecule has 1 aromatic carbocycles. The number of likely N-dealkylation sites (N-methyl/N-ethyl adjacent to an activating group) is 1. The Labute approximate surface area is 123 Å². The smallest absolute Gasteiger partial charge is 0.227 e. The molecule has 0 aromatic heterocycles. The number of hydrogen-bond acceptors (Lipinski definition) is 2. The Morgan fingerprint density at radius 3 is 2.74 bits per heavy atom. The van der Waals surface area contributed by atoms with Crippen molar-refractivity contribution in [2.75, 3.05) is 20.2 Å². The van der Waals surface area contributed by atoms with Crippen molar-refractivity contribution in [3.63, 3.8) is 0 Å². The van der Waals surface area contributed by atoms with Gasteiger partial charge in [0.25, 0.3) is 0 Å². The summed E-state index contributed by atoms with van der Waals surface area (Å²) >= 11 is 3.46. The van der Waals surface area contributed by atoms with E-state index < -0.39 is 0 Å². The van der Waals surface area contributed by atoms with Crippen molar-refractivity contribution in [2.24, 2.45) is 5.92 Å². The molecule has 0 bridgehead atoms. The summed E-state index contributed by atoms with van der Waals surface area (Å²) in [6, 6.07) is 6.19. The number of carbonyl (C=O) groups is 1. The van der Waals surface area contributed by atoms with Crippen LogP contribution in [0.5, 0.6) is 0 Å². The molecule has 0 spiro atoms. The lowest BCUT2D eigenvalue weighted by Gasteiger charge is -2.22. The molecule has 19 heavy (non-hydrogen) atoms. The van der Waals surface area contributed by atoms with Crippen LogP contribution in [0.4, 0.5) is 0 Å². The molecule has 0 radical (unpaired) electrons. The molecule has 0 saturated heterocycles. The summed E-state index contributed by atoms with van der Waals surface area (Å²) in [6.07, 6.45) is 1.50. The number of rotatable bonds is 6. The Morgan fingerprint density at radius 1 is 1.47 bits per heavy atom. The minimum Gasteiger partial charge on any atom is -0.396 e. The van der Waals surface area contributed by atoms with Crippen LogP contribution in [-0.4, -0.2) is 36.1 Å². The molecule has 106 valence electrons. The fourth-order valence-electron chi connectivity index (χ4n) is 2.00. The third-order valence-electron chi connectivity index (χ3n) is 3.47. The molecule has 4 heteroatoms. The minimum atomic E-state index is -0.270. The van der Waals surface area contributed by atoms with Gasteiger partial charge in [-0.05, 0) is 43.0 Å². The van der Waals surface area contributed by atoms with E-state index in [9.17, 15) is 4.79 Å². The summed E-state index contributed by atoms with van der Waals surface area (Å²) in [5.41, 5.74) is 2.48. The molecule has 1 atom stereocenters. The van der Waals surface area contributed by atoms with E-state index in [1.807, 2.05) is 13.0 Å². The van der Waals surface area contributed by atoms with Crippen molar-refractivity contribution in [3.05, 3.63) is 33.8 Å². The minimum absolute atomic E-state index is 0.0256. The lowest BCUT2D eigenvalue weighted by atomic mass is 10.0. The first-order chi connectivity index (χ1) is 8.99. The van der Waals surface area contributed by atoms with E-state index in [1.54, 1.807) is 11.9 Å². The normalized spacial score (nSPS) is 12.3. The first-order valence-electron chi connectivity index (χ1n) is 6.60. The number of amides is 1. The number of aryl methyl sites for hydroxylation is 1. The van der Waals surface area contributed by atoms with E-state index in [4.69, 9.17) is 5.11 Å². The average molecular weight is 328 g/mol. The van der Waals surface area contributed by atoms with Crippen LogP contribution in [0, 0.1) is 12.8 Å². The molecule has 0 aliphatic rings. The van der Waals surface area contributed by atoms with E-state index in [0.29, 0.717) is 13.0 Å². The van der Waals surface area contributed by atoms with Crippen LogP contribution < -0.4 is 0 Å². The van der Waals surface area contributed by atoms with Crippen LogP contribution >= 0.6 is 15.9 Å². The van der Waals surface area contributed by atoms with Gasteiger partial charge in [0.2, 0.25) is 5.91 Å². The highest BCUT2D eigenvalue weighted by Gasteiger charge is 2.19. The summed E-state index contributed by atoms with van der Waals surface area (Å²) in [5.74, 6) is -0.244. The second-order valence-electron chi connectivity index (χ2n) is 4.87. The van der Waals surface area contributed by atoms with Crippen molar-refractivity contribution < 1.29 is 9.90 Å². The fraction of sp³-hybridized carbons (Fsp3) is 0.533. The van der Waals surface area contributed by atoms with Gasteiger partial charge >= 0.3 is 0 Å². The van der Waals surface area contributed by atoms with Crippen LogP contribution in [0.3, 0.4) is 0 Å². The highest BCUT2D eigenvalue weighted by Crippen LogP contribution is 2.17. The number of carbonyl (C=O) groups excluding carboxylic acids is 1. The summed E-state index contributed by atoms with van der Waals surface area (Å²) in [5, 5.41) is 9.16. The van der Waals surface area contributed by atoms with Gasteiger partial charge in [-0.25, -0.2) is 0 Å². The van der Waals surface area contributed by atoms with Crippen LogP contribution in [0.15, 0.2) is 22.7 Å². The molecule has 1 N–H and O–H groups in total. The Bertz CT molecular complexity index is 430. The second kappa shape index (κ2) is 7.65. The van der Waals surface area contributed by atoms with Crippen molar-refractivity contribution in [1.82, 2.24) is 4.90 Å². The van der Waals surface area contributed by atoms with E-state index in [2.05, 4.69) is 35.0 Å². The first-order valence-corrected chi connectivity index (χ1v) is 7.39. The predicted molar refractivity (Wildman–Crippen MR) is 81.1 cm³/mol. The van der Waals surface area contributed by atoms with E-state index in [0.717, 1.165) is 10.9 Å². The molecule has 1 aromatic rings. The summed E-state index contributed by atoms with van der Waals surface area (Å²) < 4.78 is 1.06. The SMILES string of the molecule is CCC(CO)C(=O)N(C)CCc1cc(Br)ccc1C. The van der Waals surface area contributed by atoms with Gasteiger partial charge in [-0.2, -0.15) is 0 Å². The lowest BCUT2D eigenvalue weighted by molar-refractivity contribution is -0.135. The highest BCUT2D eigenvalue weighted by atomic mass is 79.9. The van der Waals surface area contributed by atoms with Crippen LogP contribution in [0.2, 0.25) is 0 Å². The first kappa shape index (κ1) is 16.2. The number of aliphatic hydroxyl groups is 1. The Hall–Kier alpha value is -0.870. The summed E-state index contributed by atoms with van der Waals surface area (Å²) in [6.45, 7) is 4.60. The van der Waals surface area contributed by atoms with E-state index >= 15 is 0 Å². The highest BCUT2D eigenvalue weighted by molar-refractivity contribution is 9.10. The molecule has 3 nitrogen and oxygen atoms in total. The third kappa shape index (κ3) is 4.62. The predicted octanol–water partition coefficient (Wildman–Crippen LogP) is 2.78. The van der Waals surface area contributed by atoms with Gasteiger partial charge in [0.15, 0.2) is 0 Å². The largest absolute Gasteiger partial charge is 0.396 e. The zero-order chi connectivity index (χ0) is 14.4. The van der Waals surface area contributed by atoms with Gasteiger partial charge < -0.3 is 10.0 Å². The van der Waals surface area contributed by atoms with Gasteiger partial charge in [0.05, 0.1) is 12.5 Å². The van der Waals surface area contributed by atoms with Gasteiger partial charge in [0.1, 0.15) is 0 Å². The van der Waals surface area contributed by atoms with Crippen LogP contribution in [-0.2, 0) is 11.2 Å². The number of halogens is 1. The maximum absolute atomic E-state index is 12.0. The average Bonchev–Trinajstić information content (AvgIpc) is 2.40. The molecular formula is C15H22BrNO2.